The number of aliphatic hydroxyl groups is 1. The molecule has 0 aliphatic carbocycles. The van der Waals surface area contributed by atoms with Crippen molar-refractivity contribution >= 4 is 21.8 Å². The van der Waals surface area contributed by atoms with E-state index < -0.39 is 5.54 Å². The number of hydrogen-bond donors (Lipinski definition) is 2. The Labute approximate surface area is 124 Å². The first kappa shape index (κ1) is 14.7. The van der Waals surface area contributed by atoms with E-state index in [0.29, 0.717) is 5.69 Å². The van der Waals surface area contributed by atoms with Crippen molar-refractivity contribution in [1.29, 1.82) is 0 Å². The molecule has 1 aromatic heterocycles. The van der Waals surface area contributed by atoms with E-state index in [9.17, 15) is 9.90 Å². The summed E-state index contributed by atoms with van der Waals surface area (Å²) in [4.78, 5) is 12.2. The van der Waals surface area contributed by atoms with Crippen LogP contribution in [-0.4, -0.2) is 32.6 Å². The molecule has 0 fully saturated rings. The van der Waals surface area contributed by atoms with Crippen molar-refractivity contribution in [2.45, 2.75) is 12.5 Å². The van der Waals surface area contributed by atoms with Crippen LogP contribution in [0.4, 0.5) is 0 Å². The zero-order chi connectivity index (χ0) is 14.8. The lowest BCUT2D eigenvalue weighted by molar-refractivity contribution is 0.0840. The molecule has 106 valence electrons. The van der Waals surface area contributed by atoms with Crippen LogP contribution in [0.3, 0.4) is 0 Å². The van der Waals surface area contributed by atoms with Gasteiger partial charge in [-0.05, 0) is 24.6 Å². The van der Waals surface area contributed by atoms with Crippen LogP contribution in [0.5, 0.6) is 0 Å². The third kappa shape index (κ3) is 2.88. The number of aromatic nitrogens is 3. The summed E-state index contributed by atoms with van der Waals surface area (Å²) < 4.78 is 2.26. The van der Waals surface area contributed by atoms with Crippen LogP contribution in [0.25, 0.3) is 0 Å². The quantitative estimate of drug-likeness (QED) is 0.878. The van der Waals surface area contributed by atoms with E-state index >= 15 is 0 Å². The zero-order valence-electron chi connectivity index (χ0n) is 11.2. The highest BCUT2D eigenvalue weighted by Crippen LogP contribution is 2.23. The maximum atomic E-state index is 12.2. The van der Waals surface area contributed by atoms with Gasteiger partial charge in [-0.1, -0.05) is 33.3 Å². The number of carbonyl (C=O) groups excluding carboxylic acids is 1. The molecule has 0 saturated heterocycles. The number of aliphatic hydroxyl groups excluding tert-OH is 1. The summed E-state index contributed by atoms with van der Waals surface area (Å²) in [7, 11) is 1.64. The highest BCUT2D eigenvalue weighted by molar-refractivity contribution is 9.10. The summed E-state index contributed by atoms with van der Waals surface area (Å²) in [6.45, 7) is 1.54. The van der Waals surface area contributed by atoms with Gasteiger partial charge in [-0.15, -0.1) is 5.10 Å². The molecule has 1 amide bonds. The monoisotopic (exact) mass is 338 g/mol. The predicted octanol–water partition coefficient (Wildman–Crippen LogP) is 1.22. The Kier molecular flexibility index (Phi) is 4.20. The van der Waals surface area contributed by atoms with Gasteiger partial charge >= 0.3 is 0 Å². The Morgan fingerprint density at radius 2 is 2.30 bits per heavy atom. The minimum absolute atomic E-state index is 0.222. The second-order valence-corrected chi connectivity index (χ2v) is 5.61. The van der Waals surface area contributed by atoms with Crippen molar-refractivity contribution in [3.8, 4) is 0 Å². The topological polar surface area (TPSA) is 80.0 Å². The van der Waals surface area contributed by atoms with Gasteiger partial charge in [0, 0.05) is 11.5 Å². The van der Waals surface area contributed by atoms with Gasteiger partial charge in [0.1, 0.15) is 5.69 Å². The van der Waals surface area contributed by atoms with Gasteiger partial charge in [-0.3, -0.25) is 4.79 Å². The van der Waals surface area contributed by atoms with Gasteiger partial charge in [-0.25, -0.2) is 4.68 Å². The number of hydrogen-bond acceptors (Lipinski definition) is 4. The van der Waals surface area contributed by atoms with Crippen molar-refractivity contribution in [2.24, 2.45) is 7.05 Å². The largest absolute Gasteiger partial charge is 0.394 e. The van der Waals surface area contributed by atoms with Gasteiger partial charge in [0.05, 0.1) is 18.3 Å². The standard InChI is InChI=1S/C13H15BrN4O2/c1-13(8-19,9-4-3-5-10(14)6-9)16-12(20)11-7-15-17-18(11)2/h3-7,19H,8H2,1-2H3,(H,16,20)/t13-/m0/s1. The Balaban J connectivity index is 2.28. The van der Waals surface area contributed by atoms with E-state index in [-0.39, 0.29) is 12.5 Å². The first-order chi connectivity index (χ1) is 9.46. The summed E-state index contributed by atoms with van der Waals surface area (Å²) in [5.41, 5.74) is 0.253. The number of rotatable bonds is 4. The number of halogens is 1. The molecule has 0 spiro atoms. The fourth-order valence-corrected chi connectivity index (χ4v) is 2.24. The molecular formula is C13H15BrN4O2. The van der Waals surface area contributed by atoms with E-state index in [1.807, 2.05) is 24.3 Å². The Hall–Kier alpha value is -1.73. The summed E-state index contributed by atoms with van der Waals surface area (Å²) >= 11 is 3.38. The SMILES string of the molecule is Cn1nncc1C(=O)N[C@@](C)(CO)c1cccc(Br)c1. The lowest BCUT2D eigenvalue weighted by Gasteiger charge is -2.29. The van der Waals surface area contributed by atoms with Gasteiger partial charge in [0.25, 0.3) is 5.91 Å². The molecule has 0 saturated carbocycles. The lowest BCUT2D eigenvalue weighted by atomic mass is 9.93. The van der Waals surface area contributed by atoms with Crippen molar-refractivity contribution in [2.75, 3.05) is 6.61 Å². The van der Waals surface area contributed by atoms with Crippen LogP contribution in [0.2, 0.25) is 0 Å². The average molecular weight is 339 g/mol. The second-order valence-electron chi connectivity index (χ2n) is 4.70. The predicted molar refractivity (Wildman–Crippen MR) is 77.0 cm³/mol. The van der Waals surface area contributed by atoms with E-state index in [0.717, 1.165) is 10.0 Å². The normalized spacial score (nSPS) is 13.8. The highest BCUT2D eigenvalue weighted by Gasteiger charge is 2.29. The van der Waals surface area contributed by atoms with E-state index in [1.165, 1.54) is 10.9 Å². The van der Waals surface area contributed by atoms with E-state index in [4.69, 9.17) is 0 Å². The average Bonchev–Trinajstić information content (AvgIpc) is 2.85. The molecule has 1 aromatic carbocycles. The van der Waals surface area contributed by atoms with Crippen molar-refractivity contribution < 1.29 is 9.90 Å². The molecule has 2 N–H and O–H groups in total. The van der Waals surface area contributed by atoms with Gasteiger partial charge in [-0.2, -0.15) is 0 Å². The minimum atomic E-state index is -0.884. The first-order valence-electron chi connectivity index (χ1n) is 6.00. The van der Waals surface area contributed by atoms with Gasteiger partial charge in [0.15, 0.2) is 0 Å². The van der Waals surface area contributed by atoms with Crippen LogP contribution in [0, 0.1) is 0 Å². The molecule has 20 heavy (non-hydrogen) atoms. The molecule has 6 nitrogen and oxygen atoms in total. The third-order valence-corrected chi connectivity index (χ3v) is 3.61. The molecule has 0 aliphatic heterocycles. The third-order valence-electron chi connectivity index (χ3n) is 3.11. The molecule has 0 aliphatic rings. The highest BCUT2D eigenvalue weighted by atomic mass is 79.9. The fourth-order valence-electron chi connectivity index (χ4n) is 1.84. The number of benzene rings is 1. The number of amides is 1. The number of aryl methyl sites for hydroxylation is 1. The number of nitrogens with one attached hydrogen (secondary N) is 1. The molecule has 1 heterocycles. The van der Waals surface area contributed by atoms with E-state index in [1.54, 1.807) is 14.0 Å². The van der Waals surface area contributed by atoms with Gasteiger partial charge in [0.2, 0.25) is 0 Å². The summed E-state index contributed by atoms with van der Waals surface area (Å²) in [5.74, 6) is -0.339. The fraction of sp³-hybridized carbons (Fsp3) is 0.308. The van der Waals surface area contributed by atoms with Crippen LogP contribution in [0.1, 0.15) is 23.0 Å². The zero-order valence-corrected chi connectivity index (χ0v) is 12.8. The molecule has 7 heteroatoms. The van der Waals surface area contributed by atoms with Crippen LogP contribution < -0.4 is 5.32 Å². The van der Waals surface area contributed by atoms with Crippen LogP contribution in [-0.2, 0) is 12.6 Å². The van der Waals surface area contributed by atoms with E-state index in [2.05, 4.69) is 31.6 Å². The first-order valence-corrected chi connectivity index (χ1v) is 6.79. The number of carbonyl (C=O) groups is 1. The van der Waals surface area contributed by atoms with Crippen molar-refractivity contribution in [1.82, 2.24) is 20.3 Å². The summed E-state index contributed by atoms with van der Waals surface area (Å²) in [6, 6.07) is 7.44. The Morgan fingerprint density at radius 3 is 2.85 bits per heavy atom. The minimum Gasteiger partial charge on any atom is -0.394 e. The van der Waals surface area contributed by atoms with Crippen LogP contribution >= 0.6 is 15.9 Å². The second kappa shape index (κ2) is 5.72. The Morgan fingerprint density at radius 1 is 1.55 bits per heavy atom. The van der Waals surface area contributed by atoms with Crippen LogP contribution in [0.15, 0.2) is 34.9 Å². The van der Waals surface area contributed by atoms with Crippen molar-refractivity contribution in [3.05, 3.63) is 46.2 Å². The summed E-state index contributed by atoms with van der Waals surface area (Å²) in [5, 5.41) is 19.9. The maximum Gasteiger partial charge on any atom is 0.271 e. The molecule has 2 rings (SSSR count). The van der Waals surface area contributed by atoms with Gasteiger partial charge < -0.3 is 10.4 Å². The molecule has 2 aromatic rings. The van der Waals surface area contributed by atoms with Crippen molar-refractivity contribution in [3.63, 3.8) is 0 Å². The summed E-state index contributed by atoms with van der Waals surface area (Å²) in [6.07, 6.45) is 1.38. The molecule has 0 bridgehead atoms. The Bertz CT molecular complexity index is 628. The molecule has 0 radical (unpaired) electrons. The molecule has 0 unspecified atom stereocenters. The molecular weight excluding hydrogens is 324 g/mol. The maximum absolute atomic E-state index is 12.2. The lowest BCUT2D eigenvalue weighted by Crippen LogP contribution is -2.46. The smallest absolute Gasteiger partial charge is 0.271 e. The number of nitrogens with zero attached hydrogens (tertiary/aromatic N) is 3. The molecule has 1 atom stereocenters.